The molecule has 118 valence electrons. The van der Waals surface area contributed by atoms with Gasteiger partial charge in [-0.05, 0) is 37.8 Å². The lowest BCUT2D eigenvalue weighted by Gasteiger charge is -2.26. The molecule has 0 atom stereocenters. The van der Waals surface area contributed by atoms with Crippen molar-refractivity contribution in [3.05, 3.63) is 18.3 Å². The lowest BCUT2D eigenvalue weighted by Crippen LogP contribution is -2.31. The summed E-state index contributed by atoms with van der Waals surface area (Å²) in [6, 6.07) is 3.33. The monoisotopic (exact) mass is 314 g/mol. The average Bonchev–Trinajstić information content (AvgIpc) is 2.45. The first kappa shape index (κ1) is 16.2. The van der Waals surface area contributed by atoms with Crippen LogP contribution in [-0.2, 0) is 14.8 Å². The first-order valence-corrected chi connectivity index (χ1v) is 8.59. The maximum atomic E-state index is 11.1. The Labute approximate surface area is 125 Å². The van der Waals surface area contributed by atoms with Crippen LogP contribution in [0.1, 0.15) is 25.7 Å². The highest BCUT2D eigenvalue weighted by molar-refractivity contribution is 7.89. The summed E-state index contributed by atoms with van der Waals surface area (Å²) in [4.78, 5) is 4.00. The zero-order chi connectivity index (χ0) is 15.3. The van der Waals surface area contributed by atoms with Gasteiger partial charge in [0.05, 0.1) is 12.7 Å². The Morgan fingerprint density at radius 2 is 2.00 bits per heavy atom. The molecule has 1 heterocycles. The van der Waals surface area contributed by atoms with Crippen molar-refractivity contribution in [3.63, 3.8) is 0 Å². The van der Waals surface area contributed by atoms with Crippen LogP contribution in [0.4, 0.5) is 5.82 Å². The van der Waals surface area contributed by atoms with Crippen LogP contribution in [0, 0.1) is 0 Å². The molecule has 21 heavy (non-hydrogen) atoms. The van der Waals surface area contributed by atoms with Crippen molar-refractivity contribution >= 4 is 15.8 Å². The normalized spacial score (nSPS) is 23.0. The molecule has 0 saturated heterocycles. The van der Waals surface area contributed by atoms with Crippen LogP contribution >= 0.6 is 0 Å². The molecule has 7 nitrogen and oxygen atoms in total. The topological polar surface area (TPSA) is 120 Å². The van der Waals surface area contributed by atoms with E-state index in [-0.39, 0.29) is 4.90 Å². The van der Waals surface area contributed by atoms with E-state index < -0.39 is 10.0 Å². The summed E-state index contributed by atoms with van der Waals surface area (Å²) >= 11 is 0. The Balaban J connectivity index is 1.69. The third-order valence-corrected chi connectivity index (χ3v) is 4.44. The fourth-order valence-electron chi connectivity index (χ4n) is 2.31. The van der Waals surface area contributed by atoms with Gasteiger partial charge in [-0.3, -0.25) is 0 Å². The van der Waals surface area contributed by atoms with E-state index in [0.29, 0.717) is 31.1 Å². The molecular weight excluding hydrogens is 292 g/mol. The molecule has 0 unspecified atom stereocenters. The summed E-state index contributed by atoms with van der Waals surface area (Å²) in [5.41, 5.74) is 5.84. The second-order valence-corrected chi connectivity index (χ2v) is 6.82. The van der Waals surface area contributed by atoms with Crippen LogP contribution in [0.25, 0.3) is 0 Å². The molecule has 8 heteroatoms. The second kappa shape index (κ2) is 7.17. The molecule has 1 saturated carbocycles. The molecule has 1 aromatic heterocycles. The van der Waals surface area contributed by atoms with Crippen molar-refractivity contribution in [2.24, 2.45) is 10.9 Å². The van der Waals surface area contributed by atoms with Gasteiger partial charge in [0.1, 0.15) is 10.7 Å². The predicted molar refractivity (Wildman–Crippen MR) is 80.3 cm³/mol. The zero-order valence-electron chi connectivity index (χ0n) is 11.9. The molecule has 1 aliphatic carbocycles. The zero-order valence-corrected chi connectivity index (χ0v) is 12.7. The number of rotatable bonds is 6. The molecule has 0 bridgehead atoms. The van der Waals surface area contributed by atoms with Gasteiger partial charge in [-0.1, -0.05) is 0 Å². The van der Waals surface area contributed by atoms with E-state index in [1.807, 2.05) is 0 Å². The van der Waals surface area contributed by atoms with E-state index in [0.717, 1.165) is 25.7 Å². The Morgan fingerprint density at radius 1 is 1.29 bits per heavy atom. The van der Waals surface area contributed by atoms with Crippen molar-refractivity contribution in [3.8, 4) is 0 Å². The van der Waals surface area contributed by atoms with E-state index in [1.165, 1.54) is 12.3 Å². The first-order valence-electron chi connectivity index (χ1n) is 7.05. The lowest BCUT2D eigenvalue weighted by atomic mass is 9.94. The van der Waals surface area contributed by atoms with Crippen molar-refractivity contribution < 1.29 is 13.2 Å². The fraction of sp³-hybridized carbons (Fsp3) is 0.615. The highest BCUT2D eigenvalue weighted by atomic mass is 32.2. The van der Waals surface area contributed by atoms with Crippen molar-refractivity contribution in [2.75, 3.05) is 18.5 Å². The van der Waals surface area contributed by atoms with Gasteiger partial charge < -0.3 is 15.8 Å². The van der Waals surface area contributed by atoms with Gasteiger partial charge in [-0.2, -0.15) is 0 Å². The van der Waals surface area contributed by atoms with Gasteiger partial charge in [0.2, 0.25) is 10.0 Å². The Kier molecular flexibility index (Phi) is 5.51. The number of nitrogens with zero attached hydrogens (tertiary/aromatic N) is 1. The number of aromatic nitrogens is 1. The molecule has 0 radical (unpaired) electrons. The smallest absolute Gasteiger partial charge is 0.239 e. The molecule has 0 spiro atoms. The van der Waals surface area contributed by atoms with Gasteiger partial charge in [0.25, 0.3) is 0 Å². The van der Waals surface area contributed by atoms with Gasteiger partial charge in [0, 0.05) is 18.8 Å². The SMILES string of the molecule is NC1CCC(OCCNc2ccc(S(N)(=O)=O)cn2)CC1. The number of primary sulfonamides is 1. The number of hydrogen-bond donors (Lipinski definition) is 3. The molecule has 0 aliphatic heterocycles. The third-order valence-electron chi connectivity index (χ3n) is 3.55. The van der Waals surface area contributed by atoms with Crippen LogP contribution in [0.15, 0.2) is 23.2 Å². The number of nitrogens with two attached hydrogens (primary N) is 2. The quantitative estimate of drug-likeness (QED) is 0.655. The summed E-state index contributed by atoms with van der Waals surface area (Å²) in [6.07, 6.45) is 5.61. The van der Waals surface area contributed by atoms with Crippen molar-refractivity contribution in [1.82, 2.24) is 4.98 Å². The maximum Gasteiger partial charge on any atom is 0.239 e. The van der Waals surface area contributed by atoms with E-state index in [4.69, 9.17) is 15.6 Å². The highest BCUT2D eigenvalue weighted by Crippen LogP contribution is 2.19. The number of pyridine rings is 1. The largest absolute Gasteiger partial charge is 0.376 e. The fourth-order valence-corrected chi connectivity index (χ4v) is 2.77. The van der Waals surface area contributed by atoms with Gasteiger partial charge in [-0.15, -0.1) is 0 Å². The van der Waals surface area contributed by atoms with Gasteiger partial charge in [0.15, 0.2) is 0 Å². The third kappa shape index (κ3) is 5.24. The van der Waals surface area contributed by atoms with Crippen LogP contribution in [-0.4, -0.2) is 38.7 Å². The number of sulfonamides is 1. The first-order chi connectivity index (χ1) is 9.95. The molecule has 0 amide bonds. The molecule has 1 fully saturated rings. The van der Waals surface area contributed by atoms with Gasteiger partial charge >= 0.3 is 0 Å². The van der Waals surface area contributed by atoms with E-state index in [2.05, 4.69) is 10.3 Å². The van der Waals surface area contributed by atoms with Crippen LogP contribution in [0.3, 0.4) is 0 Å². The summed E-state index contributed by atoms with van der Waals surface area (Å²) in [5.74, 6) is 0.594. The molecule has 5 N–H and O–H groups in total. The number of nitrogens with one attached hydrogen (secondary N) is 1. The van der Waals surface area contributed by atoms with E-state index >= 15 is 0 Å². The van der Waals surface area contributed by atoms with E-state index in [1.54, 1.807) is 6.07 Å². The van der Waals surface area contributed by atoms with Crippen LogP contribution in [0.5, 0.6) is 0 Å². The van der Waals surface area contributed by atoms with Crippen LogP contribution < -0.4 is 16.2 Å². The Morgan fingerprint density at radius 3 is 2.57 bits per heavy atom. The Bertz CT molecular complexity index is 539. The molecule has 1 aliphatic rings. The van der Waals surface area contributed by atoms with Gasteiger partial charge in [-0.25, -0.2) is 18.5 Å². The summed E-state index contributed by atoms with van der Waals surface area (Å²) in [6.45, 7) is 1.20. The number of anilines is 1. The minimum absolute atomic E-state index is 0.00263. The minimum Gasteiger partial charge on any atom is -0.376 e. The molecule has 2 rings (SSSR count). The van der Waals surface area contributed by atoms with Crippen LogP contribution in [0.2, 0.25) is 0 Å². The molecule has 1 aromatic rings. The number of ether oxygens (including phenoxy) is 1. The minimum atomic E-state index is -3.69. The Hall–Kier alpha value is -1.22. The summed E-state index contributed by atoms with van der Waals surface area (Å²) < 4.78 is 28.0. The van der Waals surface area contributed by atoms with E-state index in [9.17, 15) is 8.42 Å². The second-order valence-electron chi connectivity index (χ2n) is 5.26. The molecular formula is C13H22N4O3S. The highest BCUT2D eigenvalue weighted by Gasteiger charge is 2.18. The summed E-state index contributed by atoms with van der Waals surface area (Å²) in [5, 5.41) is 8.08. The average molecular weight is 314 g/mol. The van der Waals surface area contributed by atoms with Crippen molar-refractivity contribution in [1.29, 1.82) is 0 Å². The lowest BCUT2D eigenvalue weighted by molar-refractivity contribution is 0.0313. The summed E-state index contributed by atoms with van der Waals surface area (Å²) in [7, 11) is -3.69. The number of hydrogen-bond acceptors (Lipinski definition) is 6. The maximum absolute atomic E-state index is 11.1. The molecule has 0 aromatic carbocycles. The van der Waals surface area contributed by atoms with Crippen molar-refractivity contribution in [2.45, 2.75) is 42.7 Å². The predicted octanol–water partition coefficient (Wildman–Crippen LogP) is 0.427. The standard InChI is InChI=1S/C13H22N4O3S/c14-10-1-3-11(4-2-10)20-8-7-16-13-6-5-12(9-17-13)21(15,18)19/h5-6,9-11H,1-4,7-8,14H2,(H,16,17)(H2,15,18,19).